The van der Waals surface area contributed by atoms with E-state index in [9.17, 15) is 9.59 Å². The lowest BCUT2D eigenvalue weighted by Crippen LogP contribution is -2.53. The van der Waals surface area contributed by atoms with Gasteiger partial charge in [0.15, 0.2) is 5.69 Å². The minimum Gasteiger partial charge on any atom is -0.360 e. The van der Waals surface area contributed by atoms with Crippen molar-refractivity contribution in [2.24, 2.45) is 0 Å². The highest BCUT2D eigenvalue weighted by Crippen LogP contribution is 2.40. The molecule has 1 saturated carbocycles. The normalized spacial score (nSPS) is 26.0. The van der Waals surface area contributed by atoms with E-state index in [1.54, 1.807) is 11.0 Å². The molecule has 6 nitrogen and oxygen atoms in total. The van der Waals surface area contributed by atoms with Gasteiger partial charge >= 0.3 is 0 Å². The fourth-order valence-corrected chi connectivity index (χ4v) is 3.16. The topological polar surface area (TPSA) is 66.7 Å². The third-order valence-electron chi connectivity index (χ3n) is 4.51. The molecule has 2 aliphatic heterocycles. The van der Waals surface area contributed by atoms with Gasteiger partial charge in [-0.2, -0.15) is 0 Å². The van der Waals surface area contributed by atoms with E-state index in [-0.39, 0.29) is 17.9 Å². The van der Waals surface area contributed by atoms with Gasteiger partial charge in [0, 0.05) is 44.1 Å². The van der Waals surface area contributed by atoms with Gasteiger partial charge in [0.2, 0.25) is 5.91 Å². The maximum atomic E-state index is 12.4. The Labute approximate surface area is 116 Å². The van der Waals surface area contributed by atoms with Gasteiger partial charge < -0.3 is 14.3 Å². The van der Waals surface area contributed by atoms with E-state index in [0.717, 1.165) is 25.0 Å². The number of aromatic nitrogens is 1. The predicted molar refractivity (Wildman–Crippen MR) is 69.1 cm³/mol. The van der Waals surface area contributed by atoms with Crippen LogP contribution in [0.2, 0.25) is 0 Å². The molecule has 3 aliphatic rings. The molecule has 0 bridgehead atoms. The number of hydrogen-bond acceptors (Lipinski definition) is 4. The monoisotopic (exact) mass is 275 g/mol. The van der Waals surface area contributed by atoms with Crippen LogP contribution in [0.25, 0.3) is 0 Å². The van der Waals surface area contributed by atoms with E-state index in [1.807, 2.05) is 4.90 Å². The molecule has 2 saturated heterocycles. The van der Waals surface area contributed by atoms with Gasteiger partial charge in [-0.1, -0.05) is 5.16 Å². The molecule has 2 amide bonds. The van der Waals surface area contributed by atoms with Crippen LogP contribution in [-0.4, -0.2) is 52.4 Å². The molecule has 1 aromatic rings. The number of rotatable bonds is 2. The number of carbonyl (C=O) groups is 2. The summed E-state index contributed by atoms with van der Waals surface area (Å²) in [5.74, 6) is 1.45. The minimum absolute atomic E-state index is 0.0698. The Morgan fingerprint density at radius 3 is 2.95 bits per heavy atom. The van der Waals surface area contributed by atoms with Crippen LogP contribution in [0.3, 0.4) is 0 Å². The van der Waals surface area contributed by atoms with Gasteiger partial charge in [-0.05, 0) is 19.3 Å². The van der Waals surface area contributed by atoms with Gasteiger partial charge in [-0.25, -0.2) is 0 Å². The van der Waals surface area contributed by atoms with Crippen molar-refractivity contribution in [1.29, 1.82) is 0 Å². The van der Waals surface area contributed by atoms with Crippen molar-refractivity contribution in [1.82, 2.24) is 15.0 Å². The smallest absolute Gasteiger partial charge is 0.276 e. The lowest BCUT2D eigenvalue weighted by Gasteiger charge is -2.37. The number of piperazine rings is 1. The summed E-state index contributed by atoms with van der Waals surface area (Å²) in [5, 5.41) is 3.91. The molecule has 1 aromatic heterocycles. The molecule has 1 atom stereocenters. The third-order valence-corrected chi connectivity index (χ3v) is 4.51. The first-order valence-electron chi connectivity index (χ1n) is 7.28. The third kappa shape index (κ3) is 1.90. The van der Waals surface area contributed by atoms with Crippen LogP contribution in [0.1, 0.15) is 47.8 Å². The molecule has 0 aromatic carbocycles. The zero-order valence-corrected chi connectivity index (χ0v) is 11.2. The minimum atomic E-state index is -0.0698. The van der Waals surface area contributed by atoms with Crippen molar-refractivity contribution in [2.75, 3.05) is 19.6 Å². The SMILES string of the molecule is O=C(c1cc(C2CC2)on1)N1CCN2C(=O)CCC2C1. The highest BCUT2D eigenvalue weighted by atomic mass is 16.5. The van der Waals surface area contributed by atoms with Crippen molar-refractivity contribution < 1.29 is 14.1 Å². The summed E-state index contributed by atoms with van der Waals surface area (Å²) in [5.41, 5.74) is 0.407. The lowest BCUT2D eigenvalue weighted by molar-refractivity contribution is -0.130. The van der Waals surface area contributed by atoms with E-state index in [4.69, 9.17) is 4.52 Å². The van der Waals surface area contributed by atoms with E-state index in [2.05, 4.69) is 5.16 Å². The Balaban J connectivity index is 1.47. The predicted octanol–water partition coefficient (Wildman–Crippen LogP) is 0.999. The molecule has 6 heteroatoms. The van der Waals surface area contributed by atoms with Crippen molar-refractivity contribution >= 4 is 11.8 Å². The summed E-state index contributed by atoms with van der Waals surface area (Å²) in [7, 11) is 0. The lowest BCUT2D eigenvalue weighted by atomic mass is 10.1. The Kier molecular flexibility index (Phi) is 2.58. The Hall–Kier alpha value is -1.85. The molecular formula is C14H17N3O3. The van der Waals surface area contributed by atoms with E-state index >= 15 is 0 Å². The largest absolute Gasteiger partial charge is 0.360 e. The second kappa shape index (κ2) is 4.33. The van der Waals surface area contributed by atoms with Crippen molar-refractivity contribution in [3.63, 3.8) is 0 Å². The second-order valence-corrected chi connectivity index (χ2v) is 5.92. The van der Waals surface area contributed by atoms with Gasteiger partial charge in [-0.3, -0.25) is 9.59 Å². The van der Waals surface area contributed by atoms with E-state index in [0.29, 0.717) is 37.7 Å². The van der Waals surface area contributed by atoms with Crippen LogP contribution < -0.4 is 0 Å². The van der Waals surface area contributed by atoms with E-state index < -0.39 is 0 Å². The molecule has 1 aliphatic carbocycles. The summed E-state index contributed by atoms with van der Waals surface area (Å²) in [6.45, 7) is 1.85. The molecule has 0 radical (unpaired) electrons. The molecule has 106 valence electrons. The summed E-state index contributed by atoms with van der Waals surface area (Å²) in [6.07, 6.45) is 3.73. The molecule has 3 heterocycles. The van der Waals surface area contributed by atoms with Crippen LogP contribution in [0, 0.1) is 0 Å². The van der Waals surface area contributed by atoms with Crippen LogP contribution in [-0.2, 0) is 4.79 Å². The molecule has 4 rings (SSSR count). The second-order valence-electron chi connectivity index (χ2n) is 5.92. The maximum absolute atomic E-state index is 12.4. The van der Waals surface area contributed by atoms with Crippen LogP contribution >= 0.6 is 0 Å². The molecule has 20 heavy (non-hydrogen) atoms. The zero-order valence-electron chi connectivity index (χ0n) is 11.2. The van der Waals surface area contributed by atoms with E-state index in [1.165, 1.54) is 0 Å². The average Bonchev–Trinajstić information content (AvgIpc) is 3.09. The van der Waals surface area contributed by atoms with Crippen molar-refractivity contribution in [3.05, 3.63) is 17.5 Å². The first kappa shape index (κ1) is 11.9. The Bertz CT molecular complexity index is 564. The summed E-state index contributed by atoms with van der Waals surface area (Å²) in [6, 6.07) is 1.97. The van der Waals surface area contributed by atoms with Crippen LogP contribution in [0.5, 0.6) is 0 Å². The fraction of sp³-hybridized carbons (Fsp3) is 0.643. The molecule has 0 spiro atoms. The van der Waals surface area contributed by atoms with Gasteiger partial charge in [-0.15, -0.1) is 0 Å². The number of hydrogen-bond donors (Lipinski definition) is 0. The summed E-state index contributed by atoms with van der Waals surface area (Å²) in [4.78, 5) is 27.8. The summed E-state index contributed by atoms with van der Waals surface area (Å²) < 4.78 is 5.24. The standard InChI is InChI=1S/C14H17N3O3/c18-13-4-3-10-8-16(5-6-17(10)13)14(19)11-7-12(20-15-11)9-1-2-9/h7,9-10H,1-6,8H2. The first-order chi connectivity index (χ1) is 9.72. The van der Waals surface area contributed by atoms with Crippen molar-refractivity contribution in [3.8, 4) is 0 Å². The quantitative estimate of drug-likeness (QED) is 0.807. The molecule has 1 unspecified atom stereocenters. The highest BCUT2D eigenvalue weighted by Gasteiger charge is 2.38. The van der Waals surface area contributed by atoms with Crippen LogP contribution in [0.15, 0.2) is 10.6 Å². The number of fused-ring (bicyclic) bond motifs is 1. The fourth-order valence-electron chi connectivity index (χ4n) is 3.16. The number of nitrogens with zero attached hydrogens (tertiary/aromatic N) is 3. The van der Waals surface area contributed by atoms with Gasteiger partial charge in [0.25, 0.3) is 5.91 Å². The van der Waals surface area contributed by atoms with Gasteiger partial charge in [0.1, 0.15) is 5.76 Å². The average molecular weight is 275 g/mol. The Morgan fingerprint density at radius 1 is 1.30 bits per heavy atom. The zero-order chi connectivity index (χ0) is 13.7. The molecule has 3 fully saturated rings. The van der Waals surface area contributed by atoms with Gasteiger partial charge in [0.05, 0.1) is 0 Å². The summed E-state index contributed by atoms with van der Waals surface area (Å²) >= 11 is 0. The van der Waals surface area contributed by atoms with Crippen molar-refractivity contribution in [2.45, 2.75) is 37.6 Å². The highest BCUT2D eigenvalue weighted by molar-refractivity contribution is 5.92. The first-order valence-corrected chi connectivity index (χ1v) is 7.28. The number of amides is 2. The maximum Gasteiger partial charge on any atom is 0.276 e. The Morgan fingerprint density at radius 2 is 2.15 bits per heavy atom. The molecular weight excluding hydrogens is 258 g/mol. The van der Waals surface area contributed by atoms with Crippen LogP contribution in [0.4, 0.5) is 0 Å². The molecule has 0 N–H and O–H groups in total. The number of carbonyl (C=O) groups excluding carboxylic acids is 2.